The Kier molecular flexibility index (Phi) is 5.76. The maximum Gasteiger partial charge on any atom is 0.169 e. The van der Waals surface area contributed by atoms with Gasteiger partial charge in [0.25, 0.3) is 0 Å². The molecule has 0 aliphatic rings. The molecule has 108 valence electrons. The number of nitrogens with one attached hydrogen (secondary N) is 1. The van der Waals surface area contributed by atoms with Crippen LogP contribution >= 0.6 is 0 Å². The molecule has 0 radical (unpaired) electrons. The summed E-state index contributed by atoms with van der Waals surface area (Å²) in [5.41, 5.74) is 0.0671. The first-order valence-corrected chi connectivity index (χ1v) is 6.67. The van der Waals surface area contributed by atoms with Gasteiger partial charge in [0.2, 0.25) is 0 Å². The molecule has 1 N–H and O–H groups in total. The second-order valence-corrected chi connectivity index (χ2v) is 4.89. The average Bonchev–Trinajstić information content (AvgIpc) is 2.36. The van der Waals surface area contributed by atoms with E-state index in [1.807, 2.05) is 27.7 Å². The maximum atomic E-state index is 14.4. The van der Waals surface area contributed by atoms with Gasteiger partial charge >= 0.3 is 0 Å². The van der Waals surface area contributed by atoms with Crippen molar-refractivity contribution in [1.82, 2.24) is 5.32 Å². The van der Waals surface area contributed by atoms with Gasteiger partial charge in [-0.25, -0.2) is 4.39 Å². The van der Waals surface area contributed by atoms with Gasteiger partial charge in [0.05, 0.1) is 18.8 Å². The number of likely N-dealkylation sites (N-methyl/N-ethyl adjacent to an activating group) is 1. The molecule has 0 bridgehead atoms. The molecule has 0 aliphatic heterocycles. The van der Waals surface area contributed by atoms with Gasteiger partial charge in [0.1, 0.15) is 0 Å². The van der Waals surface area contributed by atoms with Crippen LogP contribution in [0.5, 0.6) is 5.75 Å². The summed E-state index contributed by atoms with van der Waals surface area (Å²) in [4.78, 5) is 0. The van der Waals surface area contributed by atoms with Crippen molar-refractivity contribution in [2.45, 2.75) is 39.3 Å². The third-order valence-corrected chi connectivity index (χ3v) is 3.14. The SMILES string of the molecule is CCNC(c1cccc(OC)c1F)C(C)(C)OCC. The molecule has 1 unspecified atom stereocenters. The summed E-state index contributed by atoms with van der Waals surface area (Å²) in [5.74, 6) is -0.0728. The maximum absolute atomic E-state index is 14.4. The van der Waals surface area contributed by atoms with Crippen LogP contribution in [0.1, 0.15) is 39.3 Å². The van der Waals surface area contributed by atoms with E-state index in [4.69, 9.17) is 9.47 Å². The molecule has 0 saturated heterocycles. The van der Waals surface area contributed by atoms with Crippen LogP contribution in [0.25, 0.3) is 0 Å². The van der Waals surface area contributed by atoms with E-state index >= 15 is 0 Å². The normalized spacial score (nSPS) is 13.4. The Morgan fingerprint density at radius 3 is 2.53 bits per heavy atom. The Balaban J connectivity index is 3.19. The van der Waals surface area contributed by atoms with E-state index in [0.29, 0.717) is 12.2 Å². The van der Waals surface area contributed by atoms with Crippen molar-refractivity contribution in [3.63, 3.8) is 0 Å². The molecule has 4 heteroatoms. The fraction of sp³-hybridized carbons (Fsp3) is 0.600. The van der Waals surface area contributed by atoms with E-state index in [0.717, 1.165) is 6.54 Å². The lowest BCUT2D eigenvalue weighted by atomic mass is 9.91. The summed E-state index contributed by atoms with van der Waals surface area (Å²) in [5, 5.41) is 3.30. The quantitative estimate of drug-likeness (QED) is 0.824. The highest BCUT2D eigenvalue weighted by atomic mass is 19.1. The van der Waals surface area contributed by atoms with Crippen LogP contribution in [0.3, 0.4) is 0 Å². The van der Waals surface area contributed by atoms with Crippen LogP contribution in [0, 0.1) is 5.82 Å². The number of hydrogen-bond acceptors (Lipinski definition) is 3. The van der Waals surface area contributed by atoms with Crippen LogP contribution in [0.15, 0.2) is 18.2 Å². The van der Waals surface area contributed by atoms with Gasteiger partial charge in [-0.1, -0.05) is 19.1 Å². The van der Waals surface area contributed by atoms with Crippen molar-refractivity contribution in [1.29, 1.82) is 0 Å². The van der Waals surface area contributed by atoms with Gasteiger partial charge in [0.15, 0.2) is 11.6 Å². The van der Waals surface area contributed by atoms with E-state index < -0.39 is 5.60 Å². The topological polar surface area (TPSA) is 30.5 Å². The Labute approximate surface area is 115 Å². The predicted octanol–water partition coefficient (Wildman–Crippen LogP) is 3.30. The van der Waals surface area contributed by atoms with Crippen molar-refractivity contribution in [2.75, 3.05) is 20.3 Å². The summed E-state index contributed by atoms with van der Waals surface area (Å²) in [7, 11) is 1.47. The Hall–Kier alpha value is -1.13. The van der Waals surface area contributed by atoms with Crippen molar-refractivity contribution in [3.05, 3.63) is 29.6 Å². The molecule has 0 amide bonds. The van der Waals surface area contributed by atoms with E-state index in [1.54, 1.807) is 18.2 Å². The minimum Gasteiger partial charge on any atom is -0.494 e. The summed E-state index contributed by atoms with van der Waals surface area (Å²) in [6.07, 6.45) is 0. The lowest BCUT2D eigenvalue weighted by molar-refractivity contribution is -0.0397. The number of benzene rings is 1. The summed E-state index contributed by atoms with van der Waals surface area (Å²) in [6, 6.07) is 4.96. The van der Waals surface area contributed by atoms with Crippen LogP contribution < -0.4 is 10.1 Å². The lowest BCUT2D eigenvalue weighted by Crippen LogP contribution is -2.42. The highest BCUT2D eigenvalue weighted by molar-refractivity contribution is 5.34. The number of ether oxygens (including phenoxy) is 2. The molecule has 0 saturated carbocycles. The Morgan fingerprint density at radius 1 is 1.32 bits per heavy atom. The van der Waals surface area contributed by atoms with Crippen molar-refractivity contribution in [2.24, 2.45) is 0 Å². The molecule has 0 aliphatic carbocycles. The molecule has 1 rings (SSSR count). The van der Waals surface area contributed by atoms with E-state index in [2.05, 4.69) is 5.32 Å². The van der Waals surface area contributed by atoms with Gasteiger partial charge in [0, 0.05) is 12.2 Å². The highest BCUT2D eigenvalue weighted by Gasteiger charge is 2.33. The van der Waals surface area contributed by atoms with Crippen molar-refractivity contribution < 1.29 is 13.9 Å². The van der Waals surface area contributed by atoms with Crippen LogP contribution in [-0.4, -0.2) is 25.9 Å². The number of halogens is 1. The number of methoxy groups -OCH3 is 1. The molecular formula is C15H24FNO2. The first-order chi connectivity index (χ1) is 8.97. The molecular weight excluding hydrogens is 245 g/mol. The zero-order valence-corrected chi connectivity index (χ0v) is 12.4. The Bertz CT molecular complexity index is 407. The van der Waals surface area contributed by atoms with Crippen LogP contribution in [-0.2, 0) is 4.74 Å². The zero-order chi connectivity index (χ0) is 14.5. The summed E-state index contributed by atoms with van der Waals surface area (Å²) >= 11 is 0. The zero-order valence-electron chi connectivity index (χ0n) is 12.4. The molecule has 0 aromatic heterocycles. The molecule has 0 spiro atoms. The van der Waals surface area contributed by atoms with Gasteiger partial charge in [-0.2, -0.15) is 0 Å². The average molecular weight is 269 g/mol. The molecule has 1 atom stereocenters. The largest absolute Gasteiger partial charge is 0.494 e. The fourth-order valence-electron chi connectivity index (χ4n) is 2.30. The first-order valence-electron chi connectivity index (χ1n) is 6.67. The van der Waals surface area contributed by atoms with Gasteiger partial charge in [-0.15, -0.1) is 0 Å². The molecule has 1 aromatic carbocycles. The molecule has 0 heterocycles. The van der Waals surface area contributed by atoms with Gasteiger partial charge in [-0.05, 0) is 33.4 Å². The minimum atomic E-state index is -0.502. The molecule has 1 aromatic rings. The highest BCUT2D eigenvalue weighted by Crippen LogP contribution is 2.33. The van der Waals surface area contributed by atoms with Gasteiger partial charge < -0.3 is 14.8 Å². The number of rotatable bonds is 7. The van der Waals surface area contributed by atoms with Crippen molar-refractivity contribution >= 4 is 0 Å². The standard InChI is InChI=1S/C15H24FNO2/c1-6-17-14(15(3,4)19-7-2)11-9-8-10-12(18-5)13(11)16/h8-10,14,17H,6-7H2,1-5H3. The summed E-state index contributed by atoms with van der Waals surface area (Å²) in [6.45, 7) is 9.17. The molecule has 3 nitrogen and oxygen atoms in total. The second kappa shape index (κ2) is 6.87. The number of hydrogen-bond donors (Lipinski definition) is 1. The predicted molar refractivity (Wildman–Crippen MR) is 75.1 cm³/mol. The van der Waals surface area contributed by atoms with E-state index in [-0.39, 0.29) is 17.6 Å². The van der Waals surface area contributed by atoms with Crippen LogP contribution in [0.2, 0.25) is 0 Å². The minimum absolute atomic E-state index is 0.229. The third-order valence-electron chi connectivity index (χ3n) is 3.14. The molecule has 0 fully saturated rings. The lowest BCUT2D eigenvalue weighted by Gasteiger charge is -2.35. The van der Waals surface area contributed by atoms with Crippen molar-refractivity contribution in [3.8, 4) is 5.75 Å². The molecule has 19 heavy (non-hydrogen) atoms. The van der Waals surface area contributed by atoms with E-state index in [1.165, 1.54) is 7.11 Å². The smallest absolute Gasteiger partial charge is 0.169 e. The van der Waals surface area contributed by atoms with Crippen LogP contribution in [0.4, 0.5) is 4.39 Å². The monoisotopic (exact) mass is 269 g/mol. The fourth-order valence-corrected chi connectivity index (χ4v) is 2.30. The van der Waals surface area contributed by atoms with Gasteiger partial charge in [-0.3, -0.25) is 0 Å². The van der Waals surface area contributed by atoms with E-state index in [9.17, 15) is 4.39 Å². The third kappa shape index (κ3) is 3.67. The summed E-state index contributed by atoms with van der Waals surface area (Å²) < 4.78 is 25.2. The first kappa shape index (κ1) is 15.9. The Morgan fingerprint density at radius 2 is 2.00 bits per heavy atom. The second-order valence-electron chi connectivity index (χ2n) is 4.89.